The second kappa shape index (κ2) is 6.92. The van der Waals surface area contributed by atoms with Gasteiger partial charge >= 0.3 is 6.03 Å². The Morgan fingerprint density at radius 2 is 1.83 bits per heavy atom. The summed E-state index contributed by atoms with van der Waals surface area (Å²) in [6.07, 6.45) is 2.53. The maximum atomic E-state index is 12.1. The van der Waals surface area contributed by atoms with Gasteiger partial charge in [0, 0.05) is 18.1 Å². The van der Waals surface area contributed by atoms with E-state index in [-0.39, 0.29) is 6.03 Å². The van der Waals surface area contributed by atoms with E-state index in [9.17, 15) is 4.79 Å². The van der Waals surface area contributed by atoms with Crippen LogP contribution in [0.4, 0.5) is 10.5 Å². The molecule has 4 heteroatoms. The Bertz CT molecular complexity index is 807. The van der Waals surface area contributed by atoms with E-state index in [0.717, 1.165) is 23.0 Å². The van der Waals surface area contributed by atoms with Gasteiger partial charge in [-0.05, 0) is 31.0 Å². The van der Waals surface area contributed by atoms with Gasteiger partial charge in [-0.25, -0.2) is 4.79 Å². The van der Waals surface area contributed by atoms with Crippen LogP contribution in [0.3, 0.4) is 0 Å². The number of pyridine rings is 1. The lowest BCUT2D eigenvalue weighted by Gasteiger charge is -2.09. The number of benzene rings is 2. The van der Waals surface area contributed by atoms with Crippen molar-refractivity contribution in [2.45, 2.75) is 13.3 Å². The van der Waals surface area contributed by atoms with Crippen LogP contribution in [-0.2, 0) is 6.42 Å². The summed E-state index contributed by atoms with van der Waals surface area (Å²) in [5.41, 5.74) is 3.96. The van der Waals surface area contributed by atoms with E-state index in [2.05, 4.69) is 46.8 Å². The molecule has 1 heterocycles. The minimum atomic E-state index is -0.213. The molecule has 0 fully saturated rings. The molecular weight excluding hydrogens is 286 g/mol. The number of rotatable bonds is 4. The van der Waals surface area contributed by atoms with Gasteiger partial charge in [0.05, 0.1) is 11.2 Å². The molecule has 0 aliphatic rings. The predicted molar refractivity (Wildman–Crippen MR) is 93.6 cm³/mol. The van der Waals surface area contributed by atoms with E-state index < -0.39 is 0 Å². The van der Waals surface area contributed by atoms with E-state index in [4.69, 9.17) is 0 Å². The lowest BCUT2D eigenvalue weighted by Crippen LogP contribution is -2.30. The van der Waals surface area contributed by atoms with Crippen molar-refractivity contribution in [2.24, 2.45) is 0 Å². The Labute approximate surface area is 135 Å². The lowest BCUT2D eigenvalue weighted by molar-refractivity contribution is 0.252. The highest BCUT2D eigenvalue weighted by Crippen LogP contribution is 2.20. The number of para-hydroxylation sites is 1. The molecular formula is C19H19N3O. The van der Waals surface area contributed by atoms with Crippen LogP contribution in [0, 0.1) is 6.92 Å². The van der Waals surface area contributed by atoms with E-state index in [1.807, 2.05) is 30.3 Å². The van der Waals surface area contributed by atoms with E-state index in [0.29, 0.717) is 6.54 Å². The maximum absolute atomic E-state index is 12.1. The van der Waals surface area contributed by atoms with Crippen molar-refractivity contribution in [1.29, 1.82) is 0 Å². The number of aromatic nitrogens is 1. The Morgan fingerprint density at radius 3 is 2.65 bits per heavy atom. The standard InChI is InChI=1S/C19H19N3O/c1-14-7-9-15(10-8-14)11-13-21-19(23)22-17-6-2-4-16-5-3-12-20-18(16)17/h2-10,12H,11,13H2,1H3,(H2,21,22,23). The number of amides is 2. The summed E-state index contributed by atoms with van der Waals surface area (Å²) in [6.45, 7) is 2.65. The Balaban J connectivity index is 1.57. The van der Waals surface area contributed by atoms with Crippen molar-refractivity contribution in [3.8, 4) is 0 Å². The van der Waals surface area contributed by atoms with Gasteiger partial charge in [0.15, 0.2) is 0 Å². The van der Waals surface area contributed by atoms with Crippen LogP contribution in [0.5, 0.6) is 0 Å². The van der Waals surface area contributed by atoms with E-state index in [1.165, 1.54) is 11.1 Å². The quantitative estimate of drug-likeness (QED) is 0.768. The minimum absolute atomic E-state index is 0.213. The zero-order valence-electron chi connectivity index (χ0n) is 13.0. The number of carbonyl (C=O) groups is 1. The first-order chi connectivity index (χ1) is 11.2. The molecule has 0 saturated carbocycles. The van der Waals surface area contributed by atoms with Gasteiger partial charge in [0.25, 0.3) is 0 Å². The zero-order chi connectivity index (χ0) is 16.1. The number of urea groups is 1. The van der Waals surface area contributed by atoms with Crippen LogP contribution < -0.4 is 10.6 Å². The third-order valence-corrected chi connectivity index (χ3v) is 3.70. The molecule has 3 aromatic rings. The second-order valence-electron chi connectivity index (χ2n) is 5.50. The van der Waals surface area contributed by atoms with Crippen molar-refractivity contribution in [2.75, 3.05) is 11.9 Å². The molecule has 0 atom stereocenters. The monoisotopic (exact) mass is 305 g/mol. The topological polar surface area (TPSA) is 54.0 Å². The molecule has 3 rings (SSSR count). The fourth-order valence-corrected chi connectivity index (χ4v) is 2.45. The van der Waals surface area contributed by atoms with Crippen LogP contribution in [-0.4, -0.2) is 17.6 Å². The largest absolute Gasteiger partial charge is 0.338 e. The molecule has 23 heavy (non-hydrogen) atoms. The van der Waals surface area contributed by atoms with Gasteiger partial charge in [-0.1, -0.05) is 48.0 Å². The summed E-state index contributed by atoms with van der Waals surface area (Å²) in [5.74, 6) is 0. The van der Waals surface area contributed by atoms with E-state index >= 15 is 0 Å². The van der Waals surface area contributed by atoms with Crippen LogP contribution in [0.15, 0.2) is 60.8 Å². The molecule has 2 N–H and O–H groups in total. The second-order valence-corrected chi connectivity index (χ2v) is 5.50. The van der Waals surface area contributed by atoms with Crippen molar-refractivity contribution >= 4 is 22.6 Å². The number of nitrogens with zero attached hydrogens (tertiary/aromatic N) is 1. The minimum Gasteiger partial charge on any atom is -0.338 e. The zero-order valence-corrected chi connectivity index (χ0v) is 13.0. The van der Waals surface area contributed by atoms with Gasteiger partial charge in [-0.15, -0.1) is 0 Å². The average molecular weight is 305 g/mol. The Kier molecular flexibility index (Phi) is 4.52. The van der Waals surface area contributed by atoms with Gasteiger partial charge in [-0.3, -0.25) is 4.98 Å². The third kappa shape index (κ3) is 3.86. The SMILES string of the molecule is Cc1ccc(CCNC(=O)Nc2cccc3cccnc23)cc1. The molecule has 116 valence electrons. The number of anilines is 1. The first-order valence-electron chi connectivity index (χ1n) is 7.66. The molecule has 0 saturated heterocycles. The molecule has 1 aromatic heterocycles. The molecule has 4 nitrogen and oxygen atoms in total. The van der Waals surface area contributed by atoms with Crippen LogP contribution in [0.2, 0.25) is 0 Å². The number of fused-ring (bicyclic) bond motifs is 1. The summed E-state index contributed by atoms with van der Waals surface area (Å²) < 4.78 is 0. The van der Waals surface area contributed by atoms with Crippen LogP contribution in [0.1, 0.15) is 11.1 Å². The first-order valence-corrected chi connectivity index (χ1v) is 7.66. The van der Waals surface area contributed by atoms with Gasteiger partial charge in [0.2, 0.25) is 0 Å². The summed E-state index contributed by atoms with van der Waals surface area (Å²) in [7, 11) is 0. The molecule has 0 radical (unpaired) electrons. The van der Waals surface area contributed by atoms with E-state index in [1.54, 1.807) is 6.20 Å². The summed E-state index contributed by atoms with van der Waals surface area (Å²) in [5, 5.41) is 6.75. The number of hydrogen-bond acceptors (Lipinski definition) is 2. The molecule has 0 bridgehead atoms. The molecule has 0 aliphatic carbocycles. The number of aryl methyl sites for hydroxylation is 1. The van der Waals surface area contributed by atoms with Gasteiger partial charge < -0.3 is 10.6 Å². The summed E-state index contributed by atoms with van der Waals surface area (Å²) in [4.78, 5) is 16.4. The summed E-state index contributed by atoms with van der Waals surface area (Å²) in [6, 6.07) is 17.7. The third-order valence-electron chi connectivity index (χ3n) is 3.70. The fourth-order valence-electron chi connectivity index (χ4n) is 2.45. The highest BCUT2D eigenvalue weighted by atomic mass is 16.2. The van der Waals surface area contributed by atoms with Gasteiger partial charge in [0.1, 0.15) is 0 Å². The molecule has 2 amide bonds. The predicted octanol–water partition coefficient (Wildman–Crippen LogP) is 3.91. The Hall–Kier alpha value is -2.88. The van der Waals surface area contributed by atoms with Crippen molar-refractivity contribution in [3.63, 3.8) is 0 Å². The lowest BCUT2D eigenvalue weighted by atomic mass is 10.1. The smallest absolute Gasteiger partial charge is 0.319 e. The van der Waals surface area contributed by atoms with Crippen molar-refractivity contribution in [3.05, 3.63) is 71.9 Å². The number of nitrogens with one attached hydrogen (secondary N) is 2. The summed E-state index contributed by atoms with van der Waals surface area (Å²) >= 11 is 0. The normalized spacial score (nSPS) is 10.5. The number of hydrogen-bond donors (Lipinski definition) is 2. The van der Waals surface area contributed by atoms with Crippen molar-refractivity contribution < 1.29 is 4.79 Å². The van der Waals surface area contributed by atoms with Crippen molar-refractivity contribution in [1.82, 2.24) is 10.3 Å². The van der Waals surface area contributed by atoms with Crippen LogP contribution in [0.25, 0.3) is 10.9 Å². The molecule has 0 spiro atoms. The Morgan fingerprint density at radius 1 is 1.04 bits per heavy atom. The average Bonchev–Trinajstić information content (AvgIpc) is 2.57. The molecule has 2 aromatic carbocycles. The first kappa shape index (κ1) is 15.0. The van der Waals surface area contributed by atoms with Crippen LogP contribution >= 0.6 is 0 Å². The van der Waals surface area contributed by atoms with Gasteiger partial charge in [-0.2, -0.15) is 0 Å². The maximum Gasteiger partial charge on any atom is 0.319 e. The molecule has 0 aliphatic heterocycles. The highest BCUT2D eigenvalue weighted by Gasteiger charge is 2.05. The highest BCUT2D eigenvalue weighted by molar-refractivity contribution is 5.99. The molecule has 0 unspecified atom stereocenters. The number of carbonyl (C=O) groups excluding carboxylic acids is 1. The fraction of sp³-hybridized carbons (Fsp3) is 0.158.